The van der Waals surface area contributed by atoms with Crippen molar-refractivity contribution in [3.63, 3.8) is 0 Å². The molecule has 0 radical (unpaired) electrons. The van der Waals surface area contributed by atoms with Gasteiger partial charge in [0.2, 0.25) is 0 Å². The normalized spacial score (nSPS) is 9.88. The van der Waals surface area contributed by atoms with Crippen LogP contribution < -0.4 is 14.2 Å². The maximum absolute atomic E-state index is 5.53. The van der Waals surface area contributed by atoms with Gasteiger partial charge in [0.1, 0.15) is 5.75 Å². The number of rotatable bonds is 4. The molecule has 2 aromatic rings. The molecule has 0 saturated heterocycles. The van der Waals surface area contributed by atoms with Crippen molar-refractivity contribution < 1.29 is 14.2 Å². The van der Waals surface area contributed by atoms with Crippen LogP contribution in [0.25, 0.3) is 0 Å². The second-order valence-corrected chi connectivity index (χ2v) is 3.77. The monoisotopic (exact) mass is 237 g/mol. The Morgan fingerprint density at radius 1 is 1.12 bits per heavy atom. The van der Waals surface area contributed by atoms with E-state index in [9.17, 15) is 0 Å². The largest absolute Gasteiger partial charge is 0.493 e. The summed E-state index contributed by atoms with van der Waals surface area (Å²) < 4.78 is 15.8. The highest BCUT2D eigenvalue weighted by atomic mass is 32.1. The summed E-state index contributed by atoms with van der Waals surface area (Å²) in [5.41, 5.74) is 0. The number of hydrogen-bond acceptors (Lipinski definition) is 5. The van der Waals surface area contributed by atoms with E-state index in [1.54, 1.807) is 32.5 Å². The van der Waals surface area contributed by atoms with Gasteiger partial charge < -0.3 is 14.2 Å². The van der Waals surface area contributed by atoms with E-state index < -0.39 is 0 Å². The van der Waals surface area contributed by atoms with Crippen LogP contribution in [0.3, 0.4) is 0 Å². The molecular formula is C11H11NO3S. The molecule has 0 aliphatic rings. The molecule has 2 rings (SSSR count). The molecule has 0 aliphatic carbocycles. The van der Waals surface area contributed by atoms with Crippen LogP contribution in [0.5, 0.6) is 22.4 Å². The molecule has 0 fully saturated rings. The van der Waals surface area contributed by atoms with E-state index in [-0.39, 0.29) is 0 Å². The molecule has 16 heavy (non-hydrogen) atoms. The SMILES string of the molecule is COc1ccc(Oc2nccs2)cc1OC. The quantitative estimate of drug-likeness (QED) is 0.819. The molecule has 84 valence electrons. The van der Waals surface area contributed by atoms with Gasteiger partial charge in [-0.2, -0.15) is 0 Å². The summed E-state index contributed by atoms with van der Waals surface area (Å²) in [7, 11) is 3.18. The number of hydrogen-bond donors (Lipinski definition) is 0. The predicted molar refractivity (Wildman–Crippen MR) is 61.7 cm³/mol. The highest BCUT2D eigenvalue weighted by Gasteiger charge is 2.06. The maximum Gasteiger partial charge on any atom is 0.278 e. The topological polar surface area (TPSA) is 40.6 Å². The van der Waals surface area contributed by atoms with E-state index in [2.05, 4.69) is 4.98 Å². The highest BCUT2D eigenvalue weighted by Crippen LogP contribution is 2.33. The van der Waals surface area contributed by atoms with Crippen molar-refractivity contribution in [2.45, 2.75) is 0 Å². The van der Waals surface area contributed by atoms with Crippen LogP contribution in [0.4, 0.5) is 0 Å². The third-order valence-electron chi connectivity index (χ3n) is 1.97. The Morgan fingerprint density at radius 3 is 2.56 bits per heavy atom. The van der Waals surface area contributed by atoms with E-state index in [0.29, 0.717) is 22.4 Å². The summed E-state index contributed by atoms with van der Waals surface area (Å²) in [6, 6.07) is 5.37. The molecule has 1 aromatic carbocycles. The Kier molecular flexibility index (Phi) is 3.26. The summed E-state index contributed by atoms with van der Waals surface area (Å²) in [6.45, 7) is 0. The highest BCUT2D eigenvalue weighted by molar-refractivity contribution is 7.11. The molecule has 0 bridgehead atoms. The number of ether oxygens (including phenoxy) is 3. The van der Waals surface area contributed by atoms with Gasteiger partial charge in [0.25, 0.3) is 5.19 Å². The molecule has 0 aliphatic heterocycles. The average molecular weight is 237 g/mol. The molecule has 0 atom stereocenters. The zero-order chi connectivity index (χ0) is 11.4. The summed E-state index contributed by atoms with van der Waals surface area (Å²) in [4.78, 5) is 4.03. The lowest BCUT2D eigenvalue weighted by molar-refractivity contribution is 0.352. The predicted octanol–water partition coefficient (Wildman–Crippen LogP) is 2.95. The smallest absolute Gasteiger partial charge is 0.278 e. The zero-order valence-corrected chi connectivity index (χ0v) is 9.78. The van der Waals surface area contributed by atoms with Gasteiger partial charge in [0.15, 0.2) is 11.5 Å². The third kappa shape index (κ3) is 2.25. The number of thiazole rings is 1. The van der Waals surface area contributed by atoms with Gasteiger partial charge in [-0.15, -0.1) is 0 Å². The van der Waals surface area contributed by atoms with Crippen LogP contribution in [0.15, 0.2) is 29.8 Å². The Labute approximate surface area is 97.4 Å². The first-order valence-electron chi connectivity index (χ1n) is 4.63. The standard InChI is InChI=1S/C11H11NO3S/c1-13-9-4-3-8(7-10(9)14-2)15-11-12-5-6-16-11/h3-7H,1-2H3. The van der Waals surface area contributed by atoms with E-state index >= 15 is 0 Å². The van der Waals surface area contributed by atoms with E-state index in [1.165, 1.54) is 11.3 Å². The average Bonchev–Trinajstić information content (AvgIpc) is 2.81. The van der Waals surface area contributed by atoms with Crippen LogP contribution in [0.2, 0.25) is 0 Å². The van der Waals surface area contributed by atoms with Gasteiger partial charge in [0, 0.05) is 17.6 Å². The first-order chi connectivity index (χ1) is 7.83. The Hall–Kier alpha value is -1.75. The third-order valence-corrected chi connectivity index (χ3v) is 2.62. The second kappa shape index (κ2) is 4.85. The zero-order valence-electron chi connectivity index (χ0n) is 8.97. The summed E-state index contributed by atoms with van der Waals surface area (Å²) in [6.07, 6.45) is 1.70. The molecule has 1 heterocycles. The van der Waals surface area contributed by atoms with Crippen molar-refractivity contribution in [3.8, 4) is 22.4 Å². The minimum Gasteiger partial charge on any atom is -0.493 e. The van der Waals surface area contributed by atoms with Crippen molar-refractivity contribution >= 4 is 11.3 Å². The maximum atomic E-state index is 5.53. The second-order valence-electron chi connectivity index (χ2n) is 2.92. The molecule has 0 unspecified atom stereocenters. The van der Waals surface area contributed by atoms with Crippen LogP contribution in [0, 0.1) is 0 Å². The lowest BCUT2D eigenvalue weighted by Gasteiger charge is -2.08. The first-order valence-corrected chi connectivity index (χ1v) is 5.51. The van der Waals surface area contributed by atoms with Gasteiger partial charge in [-0.25, -0.2) is 4.98 Å². The molecule has 5 heteroatoms. The fraction of sp³-hybridized carbons (Fsp3) is 0.182. The number of aromatic nitrogens is 1. The van der Waals surface area contributed by atoms with Crippen molar-refractivity contribution in [2.24, 2.45) is 0 Å². The molecule has 0 amide bonds. The number of methoxy groups -OCH3 is 2. The summed E-state index contributed by atoms with van der Waals surface area (Å²) in [5.74, 6) is 1.98. The molecule has 1 aromatic heterocycles. The van der Waals surface area contributed by atoms with Crippen LogP contribution >= 0.6 is 11.3 Å². The Bertz CT molecular complexity index is 456. The lowest BCUT2D eigenvalue weighted by Crippen LogP contribution is -1.91. The number of benzene rings is 1. The van der Waals surface area contributed by atoms with Crippen molar-refractivity contribution in [2.75, 3.05) is 14.2 Å². The van der Waals surface area contributed by atoms with Gasteiger partial charge in [-0.05, 0) is 12.1 Å². The minimum atomic E-state index is 0.604. The van der Waals surface area contributed by atoms with Crippen LogP contribution in [-0.2, 0) is 0 Å². The van der Waals surface area contributed by atoms with E-state index in [1.807, 2.05) is 11.4 Å². The van der Waals surface area contributed by atoms with Gasteiger partial charge in [-0.3, -0.25) is 0 Å². The fourth-order valence-electron chi connectivity index (χ4n) is 1.24. The molecule has 0 saturated carbocycles. The fourth-order valence-corrected chi connectivity index (χ4v) is 1.75. The van der Waals surface area contributed by atoms with Gasteiger partial charge in [-0.1, -0.05) is 11.3 Å². The lowest BCUT2D eigenvalue weighted by atomic mass is 10.3. The minimum absolute atomic E-state index is 0.604. The molecule has 0 N–H and O–H groups in total. The van der Waals surface area contributed by atoms with Crippen molar-refractivity contribution in [1.82, 2.24) is 4.98 Å². The van der Waals surface area contributed by atoms with Crippen molar-refractivity contribution in [3.05, 3.63) is 29.8 Å². The van der Waals surface area contributed by atoms with Gasteiger partial charge >= 0.3 is 0 Å². The number of nitrogens with zero attached hydrogens (tertiary/aromatic N) is 1. The van der Waals surface area contributed by atoms with Gasteiger partial charge in [0.05, 0.1) is 14.2 Å². The van der Waals surface area contributed by atoms with Crippen LogP contribution in [0.1, 0.15) is 0 Å². The Balaban J connectivity index is 2.22. The molecule has 0 spiro atoms. The van der Waals surface area contributed by atoms with Crippen molar-refractivity contribution in [1.29, 1.82) is 0 Å². The summed E-state index contributed by atoms with van der Waals surface area (Å²) >= 11 is 1.44. The molecular weight excluding hydrogens is 226 g/mol. The van der Waals surface area contributed by atoms with Crippen LogP contribution in [-0.4, -0.2) is 19.2 Å². The van der Waals surface area contributed by atoms with E-state index in [4.69, 9.17) is 14.2 Å². The van der Waals surface area contributed by atoms with E-state index in [0.717, 1.165) is 0 Å². The molecule has 4 nitrogen and oxygen atoms in total. The first kappa shape index (κ1) is 10.8. The summed E-state index contributed by atoms with van der Waals surface area (Å²) in [5, 5.41) is 2.46. The Morgan fingerprint density at radius 2 is 1.94 bits per heavy atom.